The standard InChI is InChI=1S/C26H36ClN3O4S/c1-6-8-13-28-26(32)24(7-2)29(17-21-9-11-22(27)12-10-21)25(31)18-30(35(5,33)34)23-15-19(3)14-20(4)16-23/h9-12,14-16,24H,6-8,13,17-18H2,1-5H3,(H,28,32)/t24-/m1/s1. The SMILES string of the molecule is CCCCNC(=O)[C@@H](CC)N(Cc1ccc(Cl)cc1)C(=O)CN(c1cc(C)cc(C)c1)S(C)(=O)=O. The number of sulfonamides is 1. The minimum absolute atomic E-state index is 0.153. The molecule has 2 rings (SSSR count). The van der Waals surface area contributed by atoms with Crippen LogP contribution in [0.3, 0.4) is 0 Å². The summed E-state index contributed by atoms with van der Waals surface area (Å²) in [5.74, 6) is -0.706. The third kappa shape index (κ3) is 8.54. The second kappa shape index (κ2) is 12.9. The lowest BCUT2D eigenvalue weighted by molar-refractivity contribution is -0.140. The summed E-state index contributed by atoms with van der Waals surface area (Å²) >= 11 is 6.02. The normalized spacial score (nSPS) is 12.2. The van der Waals surface area contributed by atoms with E-state index in [2.05, 4.69) is 5.32 Å². The molecule has 0 aliphatic carbocycles. The first kappa shape index (κ1) is 28.7. The Bertz CT molecular complexity index is 1100. The second-order valence-corrected chi connectivity index (χ2v) is 11.2. The Hall–Kier alpha value is -2.58. The first-order chi connectivity index (χ1) is 16.5. The van der Waals surface area contributed by atoms with E-state index in [4.69, 9.17) is 11.6 Å². The molecule has 9 heteroatoms. The van der Waals surface area contributed by atoms with Crippen molar-refractivity contribution in [3.05, 3.63) is 64.2 Å². The zero-order valence-electron chi connectivity index (χ0n) is 21.2. The molecule has 0 fully saturated rings. The van der Waals surface area contributed by atoms with E-state index >= 15 is 0 Å². The van der Waals surface area contributed by atoms with Gasteiger partial charge < -0.3 is 10.2 Å². The fourth-order valence-corrected chi connectivity index (χ4v) is 4.88. The van der Waals surface area contributed by atoms with Crippen molar-refractivity contribution >= 4 is 39.1 Å². The van der Waals surface area contributed by atoms with Crippen LogP contribution in [0.25, 0.3) is 0 Å². The maximum absolute atomic E-state index is 13.7. The molecule has 0 aromatic heterocycles. The van der Waals surface area contributed by atoms with Crippen molar-refractivity contribution < 1.29 is 18.0 Å². The summed E-state index contributed by atoms with van der Waals surface area (Å²) < 4.78 is 26.5. The smallest absolute Gasteiger partial charge is 0.244 e. The third-order valence-corrected chi connectivity index (χ3v) is 7.05. The van der Waals surface area contributed by atoms with Gasteiger partial charge in [-0.25, -0.2) is 8.42 Å². The monoisotopic (exact) mass is 521 g/mol. The lowest BCUT2D eigenvalue weighted by Gasteiger charge is -2.33. The molecule has 0 radical (unpaired) electrons. The highest BCUT2D eigenvalue weighted by Gasteiger charge is 2.31. The van der Waals surface area contributed by atoms with Crippen LogP contribution >= 0.6 is 11.6 Å². The van der Waals surface area contributed by atoms with Crippen LogP contribution in [0, 0.1) is 13.8 Å². The summed E-state index contributed by atoms with van der Waals surface area (Å²) in [6.07, 6.45) is 3.24. The van der Waals surface area contributed by atoms with Gasteiger partial charge in [-0.1, -0.05) is 50.1 Å². The van der Waals surface area contributed by atoms with Crippen molar-refractivity contribution in [1.29, 1.82) is 0 Å². The summed E-state index contributed by atoms with van der Waals surface area (Å²) in [6.45, 7) is 7.89. The van der Waals surface area contributed by atoms with Gasteiger partial charge in [0.05, 0.1) is 11.9 Å². The predicted octanol–water partition coefficient (Wildman–Crippen LogP) is 4.45. The maximum Gasteiger partial charge on any atom is 0.244 e. The number of anilines is 1. The molecule has 0 spiro atoms. The van der Waals surface area contributed by atoms with Gasteiger partial charge in [0.2, 0.25) is 21.8 Å². The Morgan fingerprint density at radius 3 is 2.14 bits per heavy atom. The van der Waals surface area contributed by atoms with E-state index in [0.29, 0.717) is 23.7 Å². The molecule has 0 unspecified atom stereocenters. The number of carbonyl (C=O) groups excluding carboxylic acids is 2. The van der Waals surface area contributed by atoms with E-state index in [1.165, 1.54) is 4.90 Å². The van der Waals surface area contributed by atoms with Crippen LogP contribution in [0.1, 0.15) is 49.8 Å². The molecule has 35 heavy (non-hydrogen) atoms. The quantitative estimate of drug-likeness (QED) is 0.418. The number of aryl methyl sites for hydroxylation is 2. The fraction of sp³-hybridized carbons (Fsp3) is 0.462. The number of benzene rings is 2. The molecule has 2 aromatic carbocycles. The van der Waals surface area contributed by atoms with E-state index in [9.17, 15) is 18.0 Å². The number of carbonyl (C=O) groups is 2. The van der Waals surface area contributed by atoms with E-state index in [1.54, 1.807) is 36.4 Å². The molecule has 1 atom stereocenters. The number of nitrogens with zero attached hydrogens (tertiary/aromatic N) is 2. The number of halogens is 1. The minimum atomic E-state index is -3.76. The summed E-state index contributed by atoms with van der Waals surface area (Å²) in [6, 6.07) is 11.7. The van der Waals surface area contributed by atoms with E-state index in [1.807, 2.05) is 33.8 Å². The summed E-state index contributed by atoms with van der Waals surface area (Å²) in [7, 11) is -3.76. The molecular formula is C26H36ClN3O4S. The third-order valence-electron chi connectivity index (χ3n) is 5.66. The highest BCUT2D eigenvalue weighted by atomic mass is 35.5. The van der Waals surface area contributed by atoms with Crippen molar-refractivity contribution in [3.8, 4) is 0 Å². The molecule has 0 aliphatic heterocycles. The summed E-state index contributed by atoms with van der Waals surface area (Å²) in [5.41, 5.74) is 2.99. The molecule has 7 nitrogen and oxygen atoms in total. The average Bonchev–Trinajstić information content (AvgIpc) is 2.77. The predicted molar refractivity (Wildman–Crippen MR) is 142 cm³/mol. The van der Waals surface area contributed by atoms with Gasteiger partial charge >= 0.3 is 0 Å². The topological polar surface area (TPSA) is 86.8 Å². The van der Waals surface area contributed by atoms with Crippen LogP contribution in [0.5, 0.6) is 0 Å². The van der Waals surface area contributed by atoms with Gasteiger partial charge in [-0.3, -0.25) is 13.9 Å². The Kier molecular flexibility index (Phi) is 10.6. The Labute approximate surface area is 214 Å². The zero-order chi connectivity index (χ0) is 26.2. The van der Waals surface area contributed by atoms with Crippen LogP contribution in [0.4, 0.5) is 5.69 Å². The van der Waals surface area contributed by atoms with E-state index in [-0.39, 0.29) is 12.5 Å². The lowest BCUT2D eigenvalue weighted by atomic mass is 10.1. The number of nitrogens with one attached hydrogen (secondary N) is 1. The van der Waals surface area contributed by atoms with Crippen molar-refractivity contribution in [2.45, 2.75) is 59.5 Å². The van der Waals surface area contributed by atoms with E-state index < -0.39 is 28.5 Å². The first-order valence-corrected chi connectivity index (χ1v) is 14.1. The highest BCUT2D eigenvalue weighted by Crippen LogP contribution is 2.23. The average molecular weight is 522 g/mol. The van der Waals surface area contributed by atoms with Crippen molar-refractivity contribution in [2.24, 2.45) is 0 Å². The van der Waals surface area contributed by atoms with Gasteiger partial charge in [-0.05, 0) is 67.6 Å². The number of hydrogen-bond donors (Lipinski definition) is 1. The second-order valence-electron chi connectivity index (χ2n) is 8.83. The van der Waals surface area contributed by atoms with Gasteiger partial charge in [0, 0.05) is 18.1 Å². The maximum atomic E-state index is 13.7. The molecule has 192 valence electrons. The zero-order valence-corrected chi connectivity index (χ0v) is 22.7. The Balaban J connectivity index is 2.42. The molecule has 0 saturated heterocycles. The van der Waals surface area contributed by atoms with Crippen LogP contribution in [0.15, 0.2) is 42.5 Å². The number of amides is 2. The lowest BCUT2D eigenvalue weighted by Crippen LogP contribution is -2.52. The van der Waals surface area contributed by atoms with Crippen molar-refractivity contribution in [3.63, 3.8) is 0 Å². The van der Waals surface area contributed by atoms with Gasteiger partial charge in [0.1, 0.15) is 12.6 Å². The number of hydrogen-bond acceptors (Lipinski definition) is 4. The molecule has 0 saturated carbocycles. The molecule has 1 N–H and O–H groups in total. The Morgan fingerprint density at radius 1 is 1.03 bits per heavy atom. The van der Waals surface area contributed by atoms with Gasteiger partial charge in [-0.2, -0.15) is 0 Å². The van der Waals surface area contributed by atoms with Gasteiger partial charge in [0.15, 0.2) is 0 Å². The van der Waals surface area contributed by atoms with Crippen LogP contribution in [-0.2, 0) is 26.2 Å². The first-order valence-electron chi connectivity index (χ1n) is 11.8. The number of unbranched alkanes of at least 4 members (excludes halogenated alkanes) is 1. The van der Waals surface area contributed by atoms with Crippen LogP contribution in [-0.4, -0.2) is 50.5 Å². The largest absolute Gasteiger partial charge is 0.354 e. The molecule has 0 heterocycles. The fourth-order valence-electron chi connectivity index (χ4n) is 3.92. The summed E-state index contributed by atoms with van der Waals surface area (Å²) in [5, 5.41) is 3.47. The molecule has 2 aromatic rings. The van der Waals surface area contributed by atoms with Crippen LogP contribution in [0.2, 0.25) is 5.02 Å². The Morgan fingerprint density at radius 2 is 1.63 bits per heavy atom. The molecule has 0 bridgehead atoms. The van der Waals surface area contributed by atoms with Gasteiger partial charge in [-0.15, -0.1) is 0 Å². The highest BCUT2D eigenvalue weighted by molar-refractivity contribution is 7.92. The summed E-state index contributed by atoms with van der Waals surface area (Å²) in [4.78, 5) is 28.2. The number of rotatable bonds is 12. The van der Waals surface area contributed by atoms with Crippen molar-refractivity contribution in [1.82, 2.24) is 10.2 Å². The van der Waals surface area contributed by atoms with Crippen molar-refractivity contribution in [2.75, 3.05) is 23.7 Å². The minimum Gasteiger partial charge on any atom is -0.354 e. The molecule has 0 aliphatic rings. The van der Waals surface area contributed by atoms with Crippen LogP contribution < -0.4 is 9.62 Å². The molecule has 2 amide bonds. The van der Waals surface area contributed by atoms with Gasteiger partial charge in [0.25, 0.3) is 0 Å². The molecular weight excluding hydrogens is 486 g/mol. The van der Waals surface area contributed by atoms with E-state index in [0.717, 1.165) is 40.1 Å².